The van der Waals surface area contributed by atoms with Crippen LogP contribution in [0.5, 0.6) is 5.75 Å². The zero-order chi connectivity index (χ0) is 18.6. The summed E-state index contributed by atoms with van der Waals surface area (Å²) in [5, 5.41) is 11.0. The minimum atomic E-state index is -0.272. The molecule has 3 aromatic rings. The van der Waals surface area contributed by atoms with Crippen LogP contribution < -0.4 is 10.1 Å². The second kappa shape index (κ2) is 7.55. The normalized spacial score (nSPS) is 15.8. The quantitative estimate of drug-likeness (QED) is 0.742. The molecule has 138 valence electrons. The third-order valence-corrected chi connectivity index (χ3v) is 4.48. The van der Waals surface area contributed by atoms with Crippen molar-refractivity contribution in [3.63, 3.8) is 0 Å². The lowest BCUT2D eigenvalue weighted by Crippen LogP contribution is -2.27. The molecule has 27 heavy (non-hydrogen) atoms. The topological polar surface area (TPSA) is 91.2 Å². The van der Waals surface area contributed by atoms with E-state index in [1.165, 1.54) is 0 Å². The van der Waals surface area contributed by atoms with E-state index in [1.807, 2.05) is 36.4 Å². The SMILES string of the molecule is COc1ccc([C@@H]2Cn3nnc(C(=O)NCc4cccnc4)c3CO2)cc1. The number of methoxy groups -OCH3 is 1. The van der Waals surface area contributed by atoms with Crippen LogP contribution in [0.1, 0.15) is 33.4 Å². The van der Waals surface area contributed by atoms with Crippen LogP contribution in [0.3, 0.4) is 0 Å². The third-order valence-electron chi connectivity index (χ3n) is 4.48. The van der Waals surface area contributed by atoms with Gasteiger partial charge in [0.05, 0.1) is 26.0 Å². The largest absolute Gasteiger partial charge is 0.497 e. The number of carbonyl (C=O) groups excluding carboxylic acids is 1. The molecule has 0 saturated carbocycles. The number of carbonyl (C=O) groups is 1. The molecule has 4 rings (SSSR count). The van der Waals surface area contributed by atoms with Gasteiger partial charge in [0.15, 0.2) is 5.69 Å². The van der Waals surface area contributed by atoms with Crippen molar-refractivity contribution in [2.75, 3.05) is 7.11 Å². The first-order chi connectivity index (χ1) is 13.2. The molecule has 3 heterocycles. The van der Waals surface area contributed by atoms with E-state index in [-0.39, 0.29) is 18.6 Å². The Labute approximate surface area is 156 Å². The molecule has 8 heteroatoms. The first kappa shape index (κ1) is 17.2. The highest BCUT2D eigenvalue weighted by Crippen LogP contribution is 2.28. The first-order valence-corrected chi connectivity index (χ1v) is 8.59. The van der Waals surface area contributed by atoms with Crippen LogP contribution in [-0.2, 0) is 24.4 Å². The molecule has 1 amide bonds. The fourth-order valence-corrected chi connectivity index (χ4v) is 2.98. The number of aromatic nitrogens is 4. The number of pyridine rings is 1. The molecule has 0 spiro atoms. The summed E-state index contributed by atoms with van der Waals surface area (Å²) in [7, 11) is 1.63. The second-order valence-electron chi connectivity index (χ2n) is 6.18. The number of hydrogen-bond acceptors (Lipinski definition) is 6. The van der Waals surface area contributed by atoms with Gasteiger partial charge in [0, 0.05) is 18.9 Å². The highest BCUT2D eigenvalue weighted by Gasteiger charge is 2.27. The summed E-state index contributed by atoms with van der Waals surface area (Å²) in [6.07, 6.45) is 3.26. The summed E-state index contributed by atoms with van der Waals surface area (Å²) in [5.41, 5.74) is 2.93. The molecule has 8 nitrogen and oxygen atoms in total. The molecule has 2 aromatic heterocycles. The predicted octanol–water partition coefficient (Wildman–Crippen LogP) is 1.88. The van der Waals surface area contributed by atoms with Crippen molar-refractivity contribution in [1.82, 2.24) is 25.3 Å². The summed E-state index contributed by atoms with van der Waals surface area (Å²) in [5.74, 6) is 0.523. The van der Waals surface area contributed by atoms with Crippen LogP contribution in [0.2, 0.25) is 0 Å². The van der Waals surface area contributed by atoms with Crippen molar-refractivity contribution < 1.29 is 14.3 Å². The van der Waals surface area contributed by atoms with Gasteiger partial charge in [-0.3, -0.25) is 9.78 Å². The van der Waals surface area contributed by atoms with E-state index in [2.05, 4.69) is 20.6 Å². The molecule has 0 bridgehead atoms. The highest BCUT2D eigenvalue weighted by atomic mass is 16.5. The summed E-state index contributed by atoms with van der Waals surface area (Å²) in [4.78, 5) is 16.5. The molecular formula is C19H19N5O3. The molecule has 1 aromatic carbocycles. The molecule has 1 aliphatic rings. The van der Waals surface area contributed by atoms with Gasteiger partial charge in [-0.05, 0) is 29.3 Å². The summed E-state index contributed by atoms with van der Waals surface area (Å²) >= 11 is 0. The van der Waals surface area contributed by atoms with E-state index < -0.39 is 0 Å². The van der Waals surface area contributed by atoms with E-state index in [9.17, 15) is 4.79 Å². The van der Waals surface area contributed by atoms with E-state index in [0.717, 1.165) is 16.9 Å². The zero-order valence-electron chi connectivity index (χ0n) is 14.8. The average molecular weight is 365 g/mol. The molecular weight excluding hydrogens is 346 g/mol. The van der Waals surface area contributed by atoms with E-state index in [0.29, 0.717) is 24.5 Å². The Morgan fingerprint density at radius 1 is 1.33 bits per heavy atom. The number of nitrogens with zero attached hydrogens (tertiary/aromatic N) is 4. The van der Waals surface area contributed by atoms with Gasteiger partial charge in [-0.1, -0.05) is 23.4 Å². The van der Waals surface area contributed by atoms with Gasteiger partial charge in [0.1, 0.15) is 11.9 Å². The van der Waals surface area contributed by atoms with Gasteiger partial charge in [-0.2, -0.15) is 0 Å². The lowest BCUT2D eigenvalue weighted by atomic mass is 10.1. The van der Waals surface area contributed by atoms with Gasteiger partial charge in [0.2, 0.25) is 0 Å². The van der Waals surface area contributed by atoms with Crippen molar-refractivity contribution in [3.05, 3.63) is 71.3 Å². The number of nitrogens with one attached hydrogen (secondary N) is 1. The minimum absolute atomic E-state index is 0.142. The molecule has 0 radical (unpaired) electrons. The van der Waals surface area contributed by atoms with E-state index in [1.54, 1.807) is 24.2 Å². The van der Waals surface area contributed by atoms with Crippen molar-refractivity contribution in [3.8, 4) is 5.75 Å². The number of hydrogen-bond donors (Lipinski definition) is 1. The van der Waals surface area contributed by atoms with Gasteiger partial charge >= 0.3 is 0 Å². The number of benzene rings is 1. The van der Waals surface area contributed by atoms with Gasteiger partial charge < -0.3 is 14.8 Å². The number of amides is 1. The lowest BCUT2D eigenvalue weighted by Gasteiger charge is -2.24. The Morgan fingerprint density at radius 3 is 2.93 bits per heavy atom. The fraction of sp³-hybridized carbons (Fsp3) is 0.263. The Balaban J connectivity index is 1.44. The average Bonchev–Trinajstić information content (AvgIpc) is 3.16. The Bertz CT molecular complexity index is 924. The second-order valence-corrected chi connectivity index (χ2v) is 6.18. The Morgan fingerprint density at radius 2 is 2.19 bits per heavy atom. The molecule has 0 unspecified atom stereocenters. The molecule has 1 atom stereocenters. The standard InChI is InChI=1S/C19H19N5O3/c1-26-15-6-4-14(5-7-15)17-11-24-16(12-27-17)18(22-23-24)19(25)21-10-13-3-2-8-20-9-13/h2-9,17H,10-12H2,1H3,(H,21,25)/t17-/m0/s1. The van der Waals surface area contributed by atoms with E-state index >= 15 is 0 Å². The molecule has 1 N–H and O–H groups in total. The zero-order valence-corrected chi connectivity index (χ0v) is 14.8. The predicted molar refractivity (Wildman–Crippen MR) is 96.0 cm³/mol. The third kappa shape index (κ3) is 3.65. The van der Waals surface area contributed by atoms with Crippen LogP contribution in [0.15, 0.2) is 48.8 Å². The maximum atomic E-state index is 12.5. The van der Waals surface area contributed by atoms with Crippen LogP contribution in [0.4, 0.5) is 0 Å². The monoisotopic (exact) mass is 365 g/mol. The number of ether oxygens (including phenoxy) is 2. The van der Waals surface area contributed by atoms with Crippen LogP contribution in [0.25, 0.3) is 0 Å². The van der Waals surface area contributed by atoms with E-state index in [4.69, 9.17) is 9.47 Å². The first-order valence-electron chi connectivity index (χ1n) is 8.59. The maximum Gasteiger partial charge on any atom is 0.274 e. The maximum absolute atomic E-state index is 12.5. The van der Waals surface area contributed by atoms with Crippen molar-refractivity contribution in [2.45, 2.75) is 25.8 Å². The van der Waals surface area contributed by atoms with Crippen LogP contribution in [0, 0.1) is 0 Å². The van der Waals surface area contributed by atoms with Gasteiger partial charge in [-0.25, -0.2) is 4.68 Å². The summed E-state index contributed by atoms with van der Waals surface area (Å²) in [6, 6.07) is 11.4. The summed E-state index contributed by atoms with van der Waals surface area (Å²) < 4.78 is 12.9. The molecule has 1 aliphatic heterocycles. The number of fused-ring (bicyclic) bond motifs is 1. The smallest absolute Gasteiger partial charge is 0.274 e. The van der Waals surface area contributed by atoms with Crippen LogP contribution >= 0.6 is 0 Å². The molecule has 0 aliphatic carbocycles. The van der Waals surface area contributed by atoms with Crippen molar-refractivity contribution in [1.29, 1.82) is 0 Å². The Kier molecular flexibility index (Phi) is 4.80. The van der Waals surface area contributed by atoms with Crippen molar-refractivity contribution in [2.24, 2.45) is 0 Å². The fourth-order valence-electron chi connectivity index (χ4n) is 2.98. The van der Waals surface area contributed by atoms with Crippen LogP contribution in [-0.4, -0.2) is 33.0 Å². The molecule has 0 fully saturated rings. The van der Waals surface area contributed by atoms with Gasteiger partial charge in [0.25, 0.3) is 5.91 Å². The van der Waals surface area contributed by atoms with Crippen molar-refractivity contribution >= 4 is 5.91 Å². The number of rotatable bonds is 5. The minimum Gasteiger partial charge on any atom is -0.497 e. The highest BCUT2D eigenvalue weighted by molar-refractivity contribution is 5.93. The van der Waals surface area contributed by atoms with Gasteiger partial charge in [-0.15, -0.1) is 5.10 Å². The lowest BCUT2D eigenvalue weighted by molar-refractivity contribution is -0.00179. The summed E-state index contributed by atoms with van der Waals surface area (Å²) in [6.45, 7) is 1.16. The molecule has 0 saturated heterocycles. The Hall–Kier alpha value is -3.26.